The van der Waals surface area contributed by atoms with Crippen molar-refractivity contribution in [1.29, 1.82) is 0 Å². The molecule has 1 nitrogen and oxygen atoms in total. The van der Waals surface area contributed by atoms with Gasteiger partial charge in [-0.15, -0.1) is 0 Å². The maximum Gasteiger partial charge on any atom is 0.212 e. The quantitative estimate of drug-likeness (QED) is 0.487. The van der Waals surface area contributed by atoms with Gasteiger partial charge < -0.3 is 0 Å². The van der Waals surface area contributed by atoms with Crippen LogP contribution in [0.3, 0.4) is 0 Å². The molecular formula is C23H36FN. The Bertz CT molecular complexity index is 481. The lowest BCUT2D eigenvalue weighted by Crippen LogP contribution is -2.26. The van der Waals surface area contributed by atoms with Gasteiger partial charge in [0.05, 0.1) is 0 Å². The number of hydrogen-bond acceptors (Lipinski definition) is 1. The van der Waals surface area contributed by atoms with E-state index in [0.717, 1.165) is 30.1 Å². The Morgan fingerprint density at radius 1 is 0.880 bits per heavy atom. The van der Waals surface area contributed by atoms with Crippen LogP contribution in [0.5, 0.6) is 0 Å². The molecule has 2 aliphatic rings. The van der Waals surface area contributed by atoms with E-state index >= 15 is 0 Å². The van der Waals surface area contributed by atoms with Crippen LogP contribution < -0.4 is 0 Å². The molecule has 2 heteroatoms. The average Bonchev–Trinajstić information content (AvgIpc) is 2.67. The maximum absolute atomic E-state index is 12.9. The smallest absolute Gasteiger partial charge is 0.212 e. The molecule has 1 aromatic rings. The van der Waals surface area contributed by atoms with E-state index in [1.165, 1.54) is 88.7 Å². The molecular weight excluding hydrogens is 309 g/mol. The highest BCUT2D eigenvalue weighted by Crippen LogP contribution is 2.43. The Kier molecular flexibility index (Phi) is 7.31. The number of halogens is 1. The summed E-state index contributed by atoms with van der Waals surface area (Å²) < 4.78 is 12.9. The van der Waals surface area contributed by atoms with Gasteiger partial charge in [0.15, 0.2) is 0 Å². The van der Waals surface area contributed by atoms with Crippen molar-refractivity contribution in [2.45, 2.75) is 90.4 Å². The van der Waals surface area contributed by atoms with E-state index in [4.69, 9.17) is 0 Å². The van der Waals surface area contributed by atoms with Gasteiger partial charge in [-0.05, 0) is 73.8 Å². The normalized spacial score (nSPS) is 30.3. The lowest BCUT2D eigenvalue weighted by atomic mass is 9.68. The fourth-order valence-electron chi connectivity index (χ4n) is 5.31. The molecule has 0 saturated heterocycles. The van der Waals surface area contributed by atoms with Crippen molar-refractivity contribution in [3.63, 3.8) is 0 Å². The number of aromatic nitrogens is 1. The molecule has 140 valence electrons. The minimum Gasteiger partial charge on any atom is -0.228 e. The first kappa shape index (κ1) is 18.9. The van der Waals surface area contributed by atoms with Gasteiger partial charge in [-0.25, -0.2) is 4.98 Å². The van der Waals surface area contributed by atoms with Crippen molar-refractivity contribution in [3.8, 4) is 0 Å². The Hall–Kier alpha value is -0.920. The number of unbranched alkanes of at least 4 members (excludes halogenated alkanes) is 1. The molecule has 1 aromatic heterocycles. The molecule has 1 heterocycles. The molecule has 0 aliphatic heterocycles. The molecule has 0 N–H and O–H groups in total. The van der Waals surface area contributed by atoms with Gasteiger partial charge in [0.2, 0.25) is 5.95 Å². The first-order valence-corrected chi connectivity index (χ1v) is 10.8. The number of rotatable bonds is 7. The summed E-state index contributed by atoms with van der Waals surface area (Å²) in [4.78, 5) is 3.77. The van der Waals surface area contributed by atoms with Crippen molar-refractivity contribution >= 4 is 0 Å². The Morgan fingerprint density at radius 2 is 1.48 bits per heavy atom. The zero-order valence-corrected chi connectivity index (χ0v) is 16.1. The van der Waals surface area contributed by atoms with E-state index in [2.05, 4.69) is 11.9 Å². The zero-order chi connectivity index (χ0) is 17.5. The van der Waals surface area contributed by atoms with Gasteiger partial charge in [0, 0.05) is 6.20 Å². The highest BCUT2D eigenvalue weighted by molar-refractivity contribution is 5.09. The third kappa shape index (κ3) is 5.79. The van der Waals surface area contributed by atoms with E-state index in [1.807, 2.05) is 6.07 Å². The van der Waals surface area contributed by atoms with E-state index in [1.54, 1.807) is 6.20 Å². The zero-order valence-electron chi connectivity index (χ0n) is 16.1. The van der Waals surface area contributed by atoms with E-state index < -0.39 is 0 Å². The van der Waals surface area contributed by atoms with Gasteiger partial charge in [0.25, 0.3) is 0 Å². The van der Waals surface area contributed by atoms with Crippen LogP contribution >= 0.6 is 0 Å². The summed E-state index contributed by atoms with van der Waals surface area (Å²) in [5.74, 6) is 3.59. The monoisotopic (exact) mass is 345 g/mol. The van der Waals surface area contributed by atoms with Crippen LogP contribution in [0.1, 0.15) is 89.5 Å². The van der Waals surface area contributed by atoms with Crippen LogP contribution in [0.4, 0.5) is 4.39 Å². The molecule has 2 saturated carbocycles. The van der Waals surface area contributed by atoms with E-state index in [9.17, 15) is 4.39 Å². The minimum atomic E-state index is -0.367. The molecule has 0 atom stereocenters. The highest BCUT2D eigenvalue weighted by Gasteiger charge is 2.30. The Balaban J connectivity index is 1.34. The number of aryl methyl sites for hydroxylation is 1. The Labute approximate surface area is 153 Å². The molecule has 0 unspecified atom stereocenters. The van der Waals surface area contributed by atoms with Crippen LogP contribution in [-0.4, -0.2) is 4.98 Å². The largest absolute Gasteiger partial charge is 0.228 e. The van der Waals surface area contributed by atoms with Crippen LogP contribution in [0.15, 0.2) is 18.3 Å². The molecule has 0 aromatic carbocycles. The van der Waals surface area contributed by atoms with Gasteiger partial charge in [0.1, 0.15) is 0 Å². The van der Waals surface area contributed by atoms with Crippen molar-refractivity contribution < 1.29 is 4.39 Å². The molecule has 25 heavy (non-hydrogen) atoms. The van der Waals surface area contributed by atoms with Crippen LogP contribution in [0.2, 0.25) is 0 Å². The maximum atomic E-state index is 12.9. The van der Waals surface area contributed by atoms with Crippen LogP contribution in [-0.2, 0) is 6.42 Å². The first-order chi connectivity index (χ1) is 12.2. The van der Waals surface area contributed by atoms with Crippen molar-refractivity contribution in [2.75, 3.05) is 0 Å². The second-order valence-corrected chi connectivity index (χ2v) is 8.73. The molecule has 0 spiro atoms. The topological polar surface area (TPSA) is 12.9 Å². The second kappa shape index (κ2) is 9.69. The first-order valence-electron chi connectivity index (χ1n) is 10.8. The molecule has 0 bridgehead atoms. The molecule has 2 fully saturated rings. The fourth-order valence-corrected chi connectivity index (χ4v) is 5.31. The summed E-state index contributed by atoms with van der Waals surface area (Å²) in [6.07, 6.45) is 20.0. The summed E-state index contributed by atoms with van der Waals surface area (Å²) in [5, 5.41) is 0. The number of hydrogen-bond donors (Lipinski definition) is 0. The summed E-state index contributed by atoms with van der Waals surface area (Å²) in [5.41, 5.74) is 1.19. The van der Waals surface area contributed by atoms with Crippen molar-refractivity contribution in [1.82, 2.24) is 4.98 Å². The van der Waals surface area contributed by atoms with Crippen molar-refractivity contribution in [3.05, 3.63) is 29.8 Å². The van der Waals surface area contributed by atoms with Crippen LogP contribution in [0.25, 0.3) is 0 Å². The summed E-state index contributed by atoms with van der Waals surface area (Å²) >= 11 is 0. The second-order valence-electron chi connectivity index (χ2n) is 8.73. The fraction of sp³-hybridized carbons (Fsp3) is 0.783. The van der Waals surface area contributed by atoms with Gasteiger partial charge in [-0.3, -0.25) is 0 Å². The summed E-state index contributed by atoms with van der Waals surface area (Å²) in [6.45, 7) is 2.32. The molecule has 0 amide bonds. The summed E-state index contributed by atoms with van der Waals surface area (Å²) in [6, 6.07) is 3.38. The lowest BCUT2D eigenvalue weighted by Gasteiger charge is -2.38. The molecule has 2 aliphatic carbocycles. The van der Waals surface area contributed by atoms with Gasteiger partial charge in [-0.2, -0.15) is 4.39 Å². The van der Waals surface area contributed by atoms with E-state index in [-0.39, 0.29) is 5.95 Å². The number of nitrogens with zero attached hydrogens (tertiary/aromatic N) is 1. The number of pyridine rings is 1. The van der Waals surface area contributed by atoms with E-state index in [0.29, 0.717) is 0 Å². The van der Waals surface area contributed by atoms with Gasteiger partial charge in [-0.1, -0.05) is 57.9 Å². The standard InChI is InChI=1S/C23H36FN/c1-2-3-4-18-7-12-21(13-8-18)22-14-9-19(10-15-22)5-6-20-11-16-23(24)25-17-20/h11,16-19,21-22H,2-10,12-15H2,1H3. The predicted molar refractivity (Wildman–Crippen MR) is 103 cm³/mol. The lowest BCUT2D eigenvalue weighted by molar-refractivity contribution is 0.140. The third-order valence-corrected chi connectivity index (χ3v) is 7.05. The van der Waals surface area contributed by atoms with Crippen LogP contribution in [0, 0.1) is 29.6 Å². The predicted octanol–water partition coefficient (Wildman–Crippen LogP) is 6.96. The highest BCUT2D eigenvalue weighted by atomic mass is 19.1. The Morgan fingerprint density at radius 3 is 2.00 bits per heavy atom. The third-order valence-electron chi connectivity index (χ3n) is 7.05. The van der Waals surface area contributed by atoms with Crippen molar-refractivity contribution in [2.24, 2.45) is 23.7 Å². The average molecular weight is 346 g/mol. The SMILES string of the molecule is CCCCC1CCC(C2CCC(CCc3ccc(F)nc3)CC2)CC1. The minimum absolute atomic E-state index is 0.367. The molecule has 0 radical (unpaired) electrons. The summed E-state index contributed by atoms with van der Waals surface area (Å²) in [7, 11) is 0. The van der Waals surface area contributed by atoms with Gasteiger partial charge >= 0.3 is 0 Å². The molecule has 3 rings (SSSR count).